The van der Waals surface area contributed by atoms with Crippen LogP contribution in [0.4, 0.5) is 27.5 Å². The van der Waals surface area contributed by atoms with E-state index in [1.807, 2.05) is 22.9 Å². The molecule has 0 saturated heterocycles. The molecule has 0 saturated carbocycles. The van der Waals surface area contributed by atoms with E-state index in [1.54, 1.807) is 24.4 Å². The van der Waals surface area contributed by atoms with E-state index in [9.17, 15) is 4.39 Å². The molecule has 0 bridgehead atoms. The zero-order valence-electron chi connectivity index (χ0n) is 15.6. The van der Waals surface area contributed by atoms with Crippen molar-refractivity contribution in [1.82, 2.24) is 19.7 Å². The minimum atomic E-state index is -0.604. The van der Waals surface area contributed by atoms with Gasteiger partial charge in [0.1, 0.15) is 0 Å². The van der Waals surface area contributed by atoms with E-state index >= 15 is 0 Å². The molecule has 0 atom stereocenters. The average molecular weight is 447 g/mol. The van der Waals surface area contributed by atoms with Crippen LogP contribution in [0.3, 0.4) is 0 Å². The van der Waals surface area contributed by atoms with Crippen molar-refractivity contribution < 1.29 is 9.50 Å². The number of aliphatic hydroxyl groups is 1. The van der Waals surface area contributed by atoms with Crippen LogP contribution >= 0.6 is 23.2 Å². The zero-order valence-corrected chi connectivity index (χ0v) is 17.1. The molecule has 7 nitrogen and oxygen atoms in total. The summed E-state index contributed by atoms with van der Waals surface area (Å²) in [4.78, 5) is 8.21. The summed E-state index contributed by atoms with van der Waals surface area (Å²) in [5, 5.41) is 21.0. The molecular formula is C20H17Cl2FN6O. The van der Waals surface area contributed by atoms with Gasteiger partial charge < -0.3 is 15.7 Å². The number of halogens is 3. The standard InChI is InChI=1S/C20H17Cl2FN6O/c21-15-4-2-14(9-16(15)22)26-19-17(23)11-24-20(28-19)27-13-3-5-18-12(8-13)10-25-29(18)6-1-7-30/h2-5,8-11,30H,1,6-7H2,(H2,24,26,27,28). The molecule has 0 unspecified atom stereocenters. The molecular weight excluding hydrogens is 430 g/mol. The number of aromatic nitrogens is 4. The van der Waals surface area contributed by atoms with Gasteiger partial charge in [-0.2, -0.15) is 10.1 Å². The Kier molecular flexibility index (Phi) is 5.98. The van der Waals surface area contributed by atoms with Crippen molar-refractivity contribution in [2.45, 2.75) is 13.0 Å². The predicted octanol–water partition coefficient (Wildman–Crippen LogP) is 5.14. The van der Waals surface area contributed by atoms with Crippen LogP contribution in [0.1, 0.15) is 6.42 Å². The summed E-state index contributed by atoms with van der Waals surface area (Å²) in [5.74, 6) is -0.373. The fourth-order valence-electron chi connectivity index (χ4n) is 2.92. The van der Waals surface area contributed by atoms with Gasteiger partial charge >= 0.3 is 0 Å². The third kappa shape index (κ3) is 4.46. The van der Waals surface area contributed by atoms with Gasteiger partial charge in [-0.05, 0) is 42.8 Å². The molecule has 0 amide bonds. The quantitative estimate of drug-likeness (QED) is 0.364. The summed E-state index contributed by atoms with van der Waals surface area (Å²) >= 11 is 11.9. The summed E-state index contributed by atoms with van der Waals surface area (Å²) in [5.41, 5.74) is 2.23. The Balaban J connectivity index is 1.54. The van der Waals surface area contributed by atoms with Gasteiger partial charge in [0.05, 0.1) is 28.0 Å². The number of nitrogens with zero attached hydrogens (tertiary/aromatic N) is 4. The molecule has 0 aliphatic heterocycles. The highest BCUT2D eigenvalue weighted by molar-refractivity contribution is 6.42. The number of benzene rings is 2. The average Bonchev–Trinajstić information content (AvgIpc) is 3.14. The minimum absolute atomic E-state index is 0.00351. The van der Waals surface area contributed by atoms with Gasteiger partial charge in [-0.25, -0.2) is 9.37 Å². The Labute approximate surface area is 181 Å². The summed E-state index contributed by atoms with van der Waals surface area (Å²) in [6.45, 7) is 0.749. The van der Waals surface area contributed by atoms with Gasteiger partial charge in [0.25, 0.3) is 0 Å². The van der Waals surface area contributed by atoms with Gasteiger partial charge in [0, 0.05) is 29.9 Å². The Hall–Kier alpha value is -2.94. The maximum atomic E-state index is 14.2. The molecule has 2 heterocycles. The van der Waals surface area contributed by atoms with Crippen LogP contribution in [-0.4, -0.2) is 31.5 Å². The first kappa shape index (κ1) is 20.3. The van der Waals surface area contributed by atoms with Crippen LogP contribution < -0.4 is 10.6 Å². The lowest BCUT2D eigenvalue weighted by Gasteiger charge is -2.10. The maximum Gasteiger partial charge on any atom is 0.229 e. The molecule has 0 fully saturated rings. The Morgan fingerprint density at radius 1 is 1.00 bits per heavy atom. The summed E-state index contributed by atoms with van der Waals surface area (Å²) in [6, 6.07) is 10.5. The Morgan fingerprint density at radius 2 is 1.80 bits per heavy atom. The number of fused-ring (bicyclic) bond motifs is 1. The molecule has 2 aromatic carbocycles. The number of rotatable bonds is 7. The highest BCUT2D eigenvalue weighted by atomic mass is 35.5. The minimum Gasteiger partial charge on any atom is -0.396 e. The number of anilines is 4. The molecule has 0 spiro atoms. The molecule has 0 aliphatic rings. The monoisotopic (exact) mass is 446 g/mol. The summed E-state index contributed by atoms with van der Waals surface area (Å²) in [7, 11) is 0. The lowest BCUT2D eigenvalue weighted by molar-refractivity contribution is 0.278. The molecule has 2 aromatic heterocycles. The molecule has 154 valence electrons. The van der Waals surface area contributed by atoms with Gasteiger partial charge in [0.15, 0.2) is 11.6 Å². The lowest BCUT2D eigenvalue weighted by Crippen LogP contribution is -2.03. The maximum absolute atomic E-state index is 14.2. The third-order valence-corrected chi connectivity index (χ3v) is 5.09. The number of hydrogen-bond donors (Lipinski definition) is 3. The van der Waals surface area contributed by atoms with E-state index in [0.717, 1.165) is 22.8 Å². The largest absolute Gasteiger partial charge is 0.396 e. The SMILES string of the molecule is OCCCn1ncc2cc(Nc3ncc(F)c(Nc4ccc(Cl)c(Cl)c4)n3)ccc21. The third-order valence-electron chi connectivity index (χ3n) is 4.35. The van der Waals surface area contributed by atoms with Gasteiger partial charge in [0.2, 0.25) is 5.95 Å². The molecule has 3 N–H and O–H groups in total. The number of aliphatic hydroxyl groups excluding tert-OH is 1. The second kappa shape index (κ2) is 8.83. The second-order valence-corrected chi connectivity index (χ2v) is 7.30. The van der Waals surface area contributed by atoms with Crippen LogP contribution in [0.2, 0.25) is 10.0 Å². The van der Waals surface area contributed by atoms with Gasteiger partial charge in [-0.1, -0.05) is 23.2 Å². The van der Waals surface area contributed by atoms with Crippen LogP contribution in [0.15, 0.2) is 48.8 Å². The summed E-state index contributed by atoms with van der Waals surface area (Å²) in [6.07, 6.45) is 3.47. The fourth-order valence-corrected chi connectivity index (χ4v) is 3.22. The van der Waals surface area contributed by atoms with Gasteiger partial charge in [-0.15, -0.1) is 0 Å². The number of nitrogens with one attached hydrogen (secondary N) is 2. The first-order chi connectivity index (χ1) is 14.5. The number of aryl methyl sites for hydroxylation is 1. The van der Waals surface area contributed by atoms with E-state index in [1.165, 1.54) is 0 Å². The predicted molar refractivity (Wildman–Crippen MR) is 116 cm³/mol. The van der Waals surface area contributed by atoms with Crippen molar-refractivity contribution in [2.24, 2.45) is 0 Å². The first-order valence-corrected chi connectivity index (χ1v) is 9.87. The van der Waals surface area contributed by atoms with E-state index in [2.05, 4.69) is 25.7 Å². The van der Waals surface area contributed by atoms with Crippen LogP contribution in [0.25, 0.3) is 10.9 Å². The fraction of sp³-hybridized carbons (Fsp3) is 0.150. The molecule has 0 radical (unpaired) electrons. The normalized spacial score (nSPS) is 11.1. The zero-order chi connectivity index (χ0) is 21.1. The van der Waals surface area contributed by atoms with E-state index < -0.39 is 5.82 Å². The Bertz CT molecular complexity index is 1200. The van der Waals surface area contributed by atoms with Crippen molar-refractivity contribution in [1.29, 1.82) is 0 Å². The van der Waals surface area contributed by atoms with E-state index in [-0.39, 0.29) is 18.4 Å². The van der Waals surface area contributed by atoms with Crippen LogP contribution in [0.5, 0.6) is 0 Å². The molecule has 4 rings (SSSR count). The van der Waals surface area contributed by atoms with Crippen LogP contribution in [0, 0.1) is 5.82 Å². The second-order valence-electron chi connectivity index (χ2n) is 6.49. The van der Waals surface area contributed by atoms with Crippen LogP contribution in [-0.2, 0) is 6.54 Å². The van der Waals surface area contributed by atoms with Crippen molar-refractivity contribution >= 4 is 57.2 Å². The molecule has 4 aromatic rings. The van der Waals surface area contributed by atoms with Crippen molar-refractivity contribution in [2.75, 3.05) is 17.2 Å². The van der Waals surface area contributed by atoms with E-state index in [4.69, 9.17) is 28.3 Å². The molecule has 0 aliphatic carbocycles. The molecule has 10 heteroatoms. The molecule has 30 heavy (non-hydrogen) atoms. The van der Waals surface area contributed by atoms with Crippen molar-refractivity contribution in [3.8, 4) is 0 Å². The highest BCUT2D eigenvalue weighted by Crippen LogP contribution is 2.28. The lowest BCUT2D eigenvalue weighted by atomic mass is 10.2. The van der Waals surface area contributed by atoms with Crippen molar-refractivity contribution in [3.05, 3.63) is 64.7 Å². The Morgan fingerprint density at radius 3 is 2.60 bits per heavy atom. The van der Waals surface area contributed by atoms with Crippen molar-refractivity contribution in [3.63, 3.8) is 0 Å². The summed E-state index contributed by atoms with van der Waals surface area (Å²) < 4.78 is 16.0. The number of hydrogen-bond acceptors (Lipinski definition) is 6. The highest BCUT2D eigenvalue weighted by Gasteiger charge is 2.10. The smallest absolute Gasteiger partial charge is 0.229 e. The topological polar surface area (TPSA) is 87.9 Å². The van der Waals surface area contributed by atoms with E-state index in [0.29, 0.717) is 28.7 Å². The van der Waals surface area contributed by atoms with Gasteiger partial charge in [-0.3, -0.25) is 4.68 Å². The first-order valence-electron chi connectivity index (χ1n) is 9.11.